The molecule has 0 spiro atoms. The molecule has 1 N–H and O–H groups in total. The normalized spacial score (nSPS) is 15.9. The lowest BCUT2D eigenvalue weighted by molar-refractivity contribution is -0.138. The molecule has 170 valence electrons. The molecular weight excluding hydrogens is 426 g/mol. The minimum Gasteiger partial charge on any atom is -0.338 e. The number of likely N-dealkylation sites (tertiary alicyclic amines) is 1. The molecule has 1 saturated heterocycles. The van der Waals surface area contributed by atoms with Crippen LogP contribution < -0.4 is 5.32 Å². The van der Waals surface area contributed by atoms with E-state index in [0.29, 0.717) is 30.1 Å². The largest absolute Gasteiger partial charge is 0.338 e. The summed E-state index contributed by atoms with van der Waals surface area (Å²) in [6.07, 6.45) is 1.45. The molecular formula is C25H30ClN3O3. The van der Waals surface area contributed by atoms with Crippen LogP contribution in [0.4, 0.5) is 5.69 Å². The number of piperidine rings is 1. The Morgan fingerprint density at radius 2 is 1.72 bits per heavy atom. The number of hydrogen-bond acceptors (Lipinski definition) is 3. The van der Waals surface area contributed by atoms with Crippen LogP contribution >= 0.6 is 11.6 Å². The Hall–Kier alpha value is -2.86. The number of nitrogens with one attached hydrogen (secondary N) is 1. The van der Waals surface area contributed by atoms with E-state index in [1.807, 2.05) is 32.9 Å². The van der Waals surface area contributed by atoms with Crippen molar-refractivity contribution in [3.8, 4) is 0 Å². The predicted molar refractivity (Wildman–Crippen MR) is 127 cm³/mol. The van der Waals surface area contributed by atoms with Crippen molar-refractivity contribution in [3.05, 3.63) is 63.7 Å². The zero-order valence-electron chi connectivity index (χ0n) is 19.1. The molecule has 7 heteroatoms. The minimum atomic E-state index is -0.319. The summed E-state index contributed by atoms with van der Waals surface area (Å²) in [7, 11) is 1.64. The maximum Gasteiger partial charge on any atom is 0.253 e. The van der Waals surface area contributed by atoms with Gasteiger partial charge in [-0.2, -0.15) is 0 Å². The number of aryl methyl sites for hydroxylation is 3. The summed E-state index contributed by atoms with van der Waals surface area (Å²) >= 11 is 5.91. The monoisotopic (exact) mass is 455 g/mol. The highest BCUT2D eigenvalue weighted by atomic mass is 35.5. The van der Waals surface area contributed by atoms with Crippen molar-refractivity contribution >= 4 is 35.0 Å². The van der Waals surface area contributed by atoms with Crippen molar-refractivity contribution in [1.82, 2.24) is 9.80 Å². The standard InChI is InChI=1S/C25H30ClN3O3/c1-16-12-17(2)23(18(3)13-16)27-22(30)15-28(4)24(31)20-6-5-11-29(14-20)25(32)19-7-9-21(26)10-8-19/h7-10,12-13,20H,5-6,11,14-15H2,1-4H3,(H,27,30). The fraction of sp³-hybridized carbons (Fsp3) is 0.400. The van der Waals surface area contributed by atoms with Crippen molar-refractivity contribution in [3.63, 3.8) is 0 Å². The number of nitrogens with zero attached hydrogens (tertiary/aromatic N) is 2. The van der Waals surface area contributed by atoms with Crippen LogP contribution in [0.2, 0.25) is 5.02 Å². The molecule has 1 aliphatic rings. The third-order valence-corrected chi connectivity index (χ3v) is 6.10. The predicted octanol–water partition coefficient (Wildman–Crippen LogP) is 4.21. The van der Waals surface area contributed by atoms with Gasteiger partial charge in [-0.15, -0.1) is 0 Å². The second-order valence-electron chi connectivity index (χ2n) is 8.61. The second-order valence-corrected chi connectivity index (χ2v) is 9.05. The number of benzene rings is 2. The Morgan fingerprint density at radius 1 is 1.09 bits per heavy atom. The lowest BCUT2D eigenvalue weighted by Crippen LogP contribution is -2.47. The smallest absolute Gasteiger partial charge is 0.253 e. The highest BCUT2D eigenvalue weighted by Gasteiger charge is 2.31. The molecule has 0 saturated carbocycles. The van der Waals surface area contributed by atoms with Gasteiger partial charge in [0.15, 0.2) is 0 Å². The molecule has 2 aromatic carbocycles. The van der Waals surface area contributed by atoms with Gasteiger partial charge in [0.1, 0.15) is 0 Å². The summed E-state index contributed by atoms with van der Waals surface area (Å²) in [6.45, 7) is 6.86. The molecule has 0 radical (unpaired) electrons. The van der Waals surface area contributed by atoms with Gasteiger partial charge >= 0.3 is 0 Å². The van der Waals surface area contributed by atoms with E-state index in [2.05, 4.69) is 5.32 Å². The van der Waals surface area contributed by atoms with Gasteiger partial charge in [0.05, 0.1) is 12.5 Å². The summed E-state index contributed by atoms with van der Waals surface area (Å²) < 4.78 is 0. The number of likely N-dealkylation sites (N-methyl/N-ethyl adjacent to an activating group) is 1. The maximum absolute atomic E-state index is 13.0. The van der Waals surface area contributed by atoms with Crippen molar-refractivity contribution in [2.24, 2.45) is 5.92 Å². The Balaban J connectivity index is 1.59. The lowest BCUT2D eigenvalue weighted by atomic mass is 9.96. The molecule has 2 aromatic rings. The van der Waals surface area contributed by atoms with E-state index in [9.17, 15) is 14.4 Å². The molecule has 0 aliphatic carbocycles. The average molecular weight is 456 g/mol. The minimum absolute atomic E-state index is 0.0345. The molecule has 1 aliphatic heterocycles. The molecule has 0 bridgehead atoms. The number of carbonyl (C=O) groups is 3. The first-order chi connectivity index (χ1) is 15.2. The van der Waals surface area contributed by atoms with Crippen LogP contribution in [0.25, 0.3) is 0 Å². The van der Waals surface area contributed by atoms with E-state index < -0.39 is 0 Å². The second kappa shape index (κ2) is 10.2. The lowest BCUT2D eigenvalue weighted by Gasteiger charge is -2.34. The first-order valence-corrected chi connectivity index (χ1v) is 11.2. The topological polar surface area (TPSA) is 69.7 Å². The van der Waals surface area contributed by atoms with Gasteiger partial charge in [0, 0.05) is 36.4 Å². The molecule has 32 heavy (non-hydrogen) atoms. The number of amides is 3. The zero-order chi connectivity index (χ0) is 23.4. The van der Waals surface area contributed by atoms with E-state index >= 15 is 0 Å². The van der Waals surface area contributed by atoms with Gasteiger partial charge < -0.3 is 15.1 Å². The Bertz CT molecular complexity index is 997. The number of hydrogen-bond donors (Lipinski definition) is 1. The van der Waals surface area contributed by atoms with Gasteiger partial charge in [-0.05, 0) is 69.0 Å². The van der Waals surface area contributed by atoms with Crippen LogP contribution in [0.3, 0.4) is 0 Å². The number of carbonyl (C=O) groups excluding carboxylic acids is 3. The molecule has 1 atom stereocenters. The third-order valence-electron chi connectivity index (χ3n) is 5.85. The molecule has 1 fully saturated rings. The van der Waals surface area contributed by atoms with Gasteiger partial charge in [0.25, 0.3) is 5.91 Å². The van der Waals surface area contributed by atoms with Crippen LogP contribution in [-0.2, 0) is 9.59 Å². The zero-order valence-corrected chi connectivity index (χ0v) is 19.8. The van der Waals surface area contributed by atoms with Gasteiger partial charge in [-0.1, -0.05) is 29.3 Å². The fourth-order valence-electron chi connectivity index (χ4n) is 4.30. The molecule has 6 nitrogen and oxygen atoms in total. The molecule has 1 heterocycles. The molecule has 1 unspecified atom stereocenters. The van der Waals surface area contributed by atoms with Gasteiger partial charge in [0.2, 0.25) is 11.8 Å². The number of anilines is 1. The molecule has 3 rings (SSSR count). The van der Waals surface area contributed by atoms with Crippen molar-refractivity contribution in [2.45, 2.75) is 33.6 Å². The summed E-state index contributed by atoms with van der Waals surface area (Å²) in [5.74, 6) is -0.780. The van der Waals surface area contributed by atoms with E-state index in [4.69, 9.17) is 11.6 Å². The highest BCUT2D eigenvalue weighted by Crippen LogP contribution is 2.23. The van der Waals surface area contributed by atoms with E-state index in [1.165, 1.54) is 4.90 Å². The fourth-order valence-corrected chi connectivity index (χ4v) is 4.43. The maximum atomic E-state index is 13.0. The molecule has 3 amide bonds. The van der Waals surface area contributed by atoms with Crippen molar-refractivity contribution in [1.29, 1.82) is 0 Å². The van der Waals surface area contributed by atoms with E-state index in [1.54, 1.807) is 36.2 Å². The van der Waals surface area contributed by atoms with Crippen molar-refractivity contribution in [2.75, 3.05) is 32.0 Å². The summed E-state index contributed by atoms with van der Waals surface area (Å²) in [5, 5.41) is 3.51. The van der Waals surface area contributed by atoms with Crippen LogP contribution in [-0.4, -0.2) is 54.2 Å². The first-order valence-electron chi connectivity index (χ1n) is 10.8. The highest BCUT2D eigenvalue weighted by molar-refractivity contribution is 6.30. The van der Waals surface area contributed by atoms with Crippen LogP contribution in [0.15, 0.2) is 36.4 Å². The van der Waals surface area contributed by atoms with Crippen LogP contribution in [0.5, 0.6) is 0 Å². The molecule has 0 aromatic heterocycles. The average Bonchev–Trinajstić information content (AvgIpc) is 2.75. The third kappa shape index (κ3) is 5.68. The van der Waals surface area contributed by atoms with E-state index in [0.717, 1.165) is 28.8 Å². The van der Waals surface area contributed by atoms with Crippen LogP contribution in [0, 0.1) is 26.7 Å². The van der Waals surface area contributed by atoms with Crippen LogP contribution in [0.1, 0.15) is 39.9 Å². The Kier molecular flexibility index (Phi) is 7.56. The number of halogens is 1. The first kappa shape index (κ1) is 23.8. The Labute approximate surface area is 194 Å². The summed E-state index contributed by atoms with van der Waals surface area (Å²) in [6, 6.07) is 10.8. The van der Waals surface area contributed by atoms with E-state index in [-0.39, 0.29) is 30.2 Å². The summed E-state index contributed by atoms with van der Waals surface area (Å²) in [5.41, 5.74) is 4.47. The van der Waals surface area contributed by atoms with Gasteiger partial charge in [-0.25, -0.2) is 0 Å². The van der Waals surface area contributed by atoms with Crippen molar-refractivity contribution < 1.29 is 14.4 Å². The van der Waals surface area contributed by atoms with Gasteiger partial charge in [-0.3, -0.25) is 14.4 Å². The SMILES string of the molecule is Cc1cc(C)c(NC(=O)CN(C)C(=O)C2CCCN(C(=O)c3ccc(Cl)cc3)C2)c(C)c1. The summed E-state index contributed by atoms with van der Waals surface area (Å²) in [4.78, 5) is 41.6. The Morgan fingerprint density at radius 3 is 2.34 bits per heavy atom. The number of rotatable bonds is 5. The quantitative estimate of drug-likeness (QED) is 0.734.